The maximum atomic E-state index is 11.8. The molecule has 0 spiro atoms. The molecule has 2 fully saturated rings. The number of benzene rings is 1. The van der Waals surface area contributed by atoms with Gasteiger partial charge >= 0.3 is 5.63 Å². The zero-order valence-corrected chi connectivity index (χ0v) is 19.6. The standard InChI is InChI=1S/C23H31N9O3/c1-12-4-20(34)35-19-6-15(2-3-18(12)19)27-21-28-22(31-9-13(25)5-14(26)10-31)30-23(29-21)32-11-17(33)7-16(32)8-24/h2-4,6,13-14,16-17,33H,5,7-11,24-26H2,1H3,(H,27,28,29,30)/t13-,14+,16-,17+/m0/s1. The summed E-state index contributed by atoms with van der Waals surface area (Å²) in [5, 5.41) is 14.3. The predicted octanol–water partition coefficient (Wildman–Crippen LogP) is -0.207. The van der Waals surface area contributed by atoms with Crippen LogP contribution >= 0.6 is 0 Å². The van der Waals surface area contributed by atoms with E-state index in [2.05, 4.69) is 15.3 Å². The minimum atomic E-state index is -0.511. The summed E-state index contributed by atoms with van der Waals surface area (Å²) in [5.41, 5.74) is 19.9. The van der Waals surface area contributed by atoms with Crippen molar-refractivity contribution in [2.45, 2.75) is 44.0 Å². The minimum Gasteiger partial charge on any atom is -0.423 e. The highest BCUT2D eigenvalue weighted by atomic mass is 16.4. The van der Waals surface area contributed by atoms with Gasteiger partial charge in [0, 0.05) is 67.5 Å². The first-order valence-electron chi connectivity index (χ1n) is 11.8. The number of aliphatic hydroxyl groups is 1. The number of hydrogen-bond acceptors (Lipinski definition) is 12. The fourth-order valence-corrected chi connectivity index (χ4v) is 4.91. The Morgan fingerprint density at radius 3 is 2.57 bits per heavy atom. The molecule has 12 heteroatoms. The zero-order chi connectivity index (χ0) is 24.7. The monoisotopic (exact) mass is 481 g/mol. The van der Waals surface area contributed by atoms with E-state index in [1.807, 2.05) is 28.9 Å². The molecule has 2 saturated heterocycles. The van der Waals surface area contributed by atoms with Crippen LogP contribution < -0.4 is 37.9 Å². The molecule has 0 radical (unpaired) electrons. The molecule has 3 aromatic rings. The lowest BCUT2D eigenvalue weighted by Gasteiger charge is -2.35. The average Bonchev–Trinajstić information content (AvgIpc) is 3.18. The highest BCUT2D eigenvalue weighted by molar-refractivity contribution is 5.83. The average molecular weight is 482 g/mol. The largest absolute Gasteiger partial charge is 0.423 e. The number of nitrogens with one attached hydrogen (secondary N) is 1. The number of anilines is 4. The van der Waals surface area contributed by atoms with E-state index in [9.17, 15) is 9.90 Å². The summed E-state index contributed by atoms with van der Waals surface area (Å²) in [7, 11) is 0. The Balaban J connectivity index is 1.53. The lowest BCUT2D eigenvalue weighted by Crippen LogP contribution is -2.53. The molecule has 0 bridgehead atoms. The Morgan fingerprint density at radius 1 is 1.09 bits per heavy atom. The van der Waals surface area contributed by atoms with Crippen LogP contribution in [0.15, 0.2) is 33.5 Å². The van der Waals surface area contributed by atoms with Crippen molar-refractivity contribution in [3.63, 3.8) is 0 Å². The van der Waals surface area contributed by atoms with E-state index in [-0.39, 0.29) is 18.1 Å². The van der Waals surface area contributed by atoms with Gasteiger partial charge in [-0.05, 0) is 37.5 Å². The number of aryl methyl sites for hydroxylation is 1. The third kappa shape index (κ3) is 4.91. The third-order valence-electron chi connectivity index (χ3n) is 6.54. The van der Waals surface area contributed by atoms with Crippen molar-refractivity contribution in [1.82, 2.24) is 15.0 Å². The summed E-state index contributed by atoms with van der Waals surface area (Å²) in [5.74, 6) is 1.17. The number of aromatic nitrogens is 3. The predicted molar refractivity (Wildman–Crippen MR) is 134 cm³/mol. The molecule has 5 rings (SSSR count). The zero-order valence-electron chi connectivity index (χ0n) is 19.6. The van der Waals surface area contributed by atoms with Crippen LogP contribution in [0.5, 0.6) is 0 Å². The second-order valence-corrected chi connectivity index (χ2v) is 9.44. The second-order valence-electron chi connectivity index (χ2n) is 9.44. The number of rotatable bonds is 5. The van der Waals surface area contributed by atoms with Crippen molar-refractivity contribution < 1.29 is 9.52 Å². The van der Waals surface area contributed by atoms with Gasteiger partial charge < -0.3 is 41.8 Å². The van der Waals surface area contributed by atoms with Crippen molar-refractivity contribution in [3.05, 3.63) is 40.2 Å². The molecule has 186 valence electrons. The van der Waals surface area contributed by atoms with E-state index in [1.165, 1.54) is 6.07 Å². The third-order valence-corrected chi connectivity index (χ3v) is 6.54. The molecule has 0 amide bonds. The SMILES string of the molecule is Cc1cc(=O)oc2cc(Nc3nc(N4C[C@H](N)C[C@H](N)C4)nc(N4C[C@H](O)C[C@H]4CN)n3)ccc12. The van der Waals surface area contributed by atoms with Gasteiger partial charge in [0.2, 0.25) is 17.8 Å². The van der Waals surface area contributed by atoms with Crippen molar-refractivity contribution in [1.29, 1.82) is 0 Å². The van der Waals surface area contributed by atoms with Gasteiger partial charge in [0.05, 0.1) is 6.10 Å². The summed E-state index contributed by atoms with van der Waals surface area (Å²) < 4.78 is 5.37. The summed E-state index contributed by atoms with van der Waals surface area (Å²) in [6, 6.07) is 6.68. The summed E-state index contributed by atoms with van der Waals surface area (Å²) in [4.78, 5) is 29.7. The number of hydrogen-bond donors (Lipinski definition) is 5. The van der Waals surface area contributed by atoms with Crippen molar-refractivity contribution in [2.75, 3.05) is 41.3 Å². The maximum absolute atomic E-state index is 11.8. The van der Waals surface area contributed by atoms with Gasteiger partial charge in [0.25, 0.3) is 0 Å². The Hall–Kier alpha value is -3.32. The molecule has 0 saturated carbocycles. The van der Waals surface area contributed by atoms with Gasteiger partial charge in [0.15, 0.2) is 0 Å². The van der Waals surface area contributed by atoms with Crippen LogP contribution in [0, 0.1) is 6.92 Å². The van der Waals surface area contributed by atoms with E-state index in [0.29, 0.717) is 61.7 Å². The summed E-state index contributed by atoms with van der Waals surface area (Å²) in [6.07, 6.45) is 0.765. The Labute approximate surface area is 202 Å². The van der Waals surface area contributed by atoms with Crippen LogP contribution in [0.4, 0.5) is 23.5 Å². The van der Waals surface area contributed by atoms with Crippen molar-refractivity contribution in [3.8, 4) is 0 Å². The molecular weight excluding hydrogens is 450 g/mol. The summed E-state index contributed by atoms with van der Waals surface area (Å²) in [6.45, 7) is 3.75. The second kappa shape index (κ2) is 9.38. The molecule has 4 heterocycles. The van der Waals surface area contributed by atoms with E-state index in [4.69, 9.17) is 26.6 Å². The van der Waals surface area contributed by atoms with Crippen molar-refractivity contribution >= 4 is 34.5 Å². The van der Waals surface area contributed by atoms with Crippen LogP contribution in [0.2, 0.25) is 0 Å². The minimum absolute atomic E-state index is 0.0862. The van der Waals surface area contributed by atoms with E-state index < -0.39 is 11.7 Å². The number of nitrogens with zero attached hydrogens (tertiary/aromatic N) is 5. The van der Waals surface area contributed by atoms with E-state index in [0.717, 1.165) is 17.4 Å². The van der Waals surface area contributed by atoms with E-state index in [1.54, 1.807) is 6.07 Å². The number of β-amino-alcohol motifs (C(OH)–C–C–N with tert-alkyl or cyclic N) is 1. The Bertz CT molecular complexity index is 1270. The molecule has 4 atom stereocenters. The fourth-order valence-electron chi connectivity index (χ4n) is 4.91. The lowest BCUT2D eigenvalue weighted by molar-refractivity contribution is 0.194. The lowest BCUT2D eigenvalue weighted by atomic mass is 10.0. The molecule has 8 N–H and O–H groups in total. The number of nitrogens with two attached hydrogens (primary N) is 3. The van der Waals surface area contributed by atoms with Crippen LogP contribution in [-0.4, -0.2) is 70.5 Å². The van der Waals surface area contributed by atoms with Gasteiger partial charge in [-0.15, -0.1) is 0 Å². The molecule has 2 aliphatic rings. The topological polar surface area (TPSA) is 186 Å². The molecule has 0 unspecified atom stereocenters. The smallest absolute Gasteiger partial charge is 0.336 e. The molecule has 0 aliphatic carbocycles. The number of fused-ring (bicyclic) bond motifs is 1. The highest BCUT2D eigenvalue weighted by Crippen LogP contribution is 2.28. The van der Waals surface area contributed by atoms with Crippen LogP contribution in [0.1, 0.15) is 18.4 Å². The van der Waals surface area contributed by atoms with Crippen molar-refractivity contribution in [2.24, 2.45) is 17.2 Å². The normalized spacial score (nSPS) is 24.8. The van der Waals surface area contributed by atoms with Gasteiger partial charge in [-0.25, -0.2) is 4.79 Å². The number of aliphatic hydroxyl groups excluding tert-OH is 1. The quantitative estimate of drug-likeness (QED) is 0.302. The molecule has 1 aromatic carbocycles. The summed E-state index contributed by atoms with van der Waals surface area (Å²) >= 11 is 0. The molecule has 2 aliphatic heterocycles. The van der Waals surface area contributed by atoms with Gasteiger partial charge in [-0.3, -0.25) is 0 Å². The molecule has 12 nitrogen and oxygen atoms in total. The first-order chi connectivity index (χ1) is 16.8. The first-order valence-corrected chi connectivity index (χ1v) is 11.8. The van der Waals surface area contributed by atoms with Crippen LogP contribution in [0.3, 0.4) is 0 Å². The molecule has 2 aromatic heterocycles. The first kappa shape index (κ1) is 23.4. The Morgan fingerprint density at radius 2 is 1.83 bits per heavy atom. The maximum Gasteiger partial charge on any atom is 0.336 e. The molecule has 35 heavy (non-hydrogen) atoms. The van der Waals surface area contributed by atoms with E-state index >= 15 is 0 Å². The molecular formula is C23H31N9O3. The Kier molecular flexibility index (Phi) is 6.28. The van der Waals surface area contributed by atoms with Gasteiger partial charge in [0.1, 0.15) is 5.58 Å². The highest BCUT2D eigenvalue weighted by Gasteiger charge is 2.33. The number of piperidine rings is 1. The fraction of sp³-hybridized carbons (Fsp3) is 0.478. The van der Waals surface area contributed by atoms with Crippen LogP contribution in [-0.2, 0) is 0 Å². The van der Waals surface area contributed by atoms with Gasteiger partial charge in [-0.2, -0.15) is 15.0 Å². The van der Waals surface area contributed by atoms with Gasteiger partial charge in [-0.1, -0.05) is 0 Å². The van der Waals surface area contributed by atoms with Crippen LogP contribution in [0.25, 0.3) is 11.0 Å².